The number of likely N-dealkylation sites (tertiary alicyclic amines) is 1. The Balaban J connectivity index is 1.06. The lowest BCUT2D eigenvalue weighted by Crippen LogP contribution is -2.39. The van der Waals surface area contributed by atoms with Crippen LogP contribution in [0.5, 0.6) is 0 Å². The zero-order chi connectivity index (χ0) is 19.1. The molecule has 1 aliphatic heterocycles. The second kappa shape index (κ2) is 8.22. The van der Waals surface area contributed by atoms with Gasteiger partial charge < -0.3 is 14.7 Å². The molecule has 2 aromatic heterocycles. The van der Waals surface area contributed by atoms with Crippen molar-refractivity contribution in [1.82, 2.24) is 15.4 Å². The Morgan fingerprint density at radius 3 is 2.82 bits per heavy atom. The van der Waals surface area contributed by atoms with Crippen molar-refractivity contribution in [3.05, 3.63) is 17.1 Å². The minimum atomic E-state index is 0.260. The molecule has 7 heteroatoms. The molecule has 0 bridgehead atoms. The lowest BCUT2D eigenvalue weighted by molar-refractivity contribution is -0.123. The van der Waals surface area contributed by atoms with E-state index in [9.17, 15) is 4.79 Å². The van der Waals surface area contributed by atoms with E-state index in [2.05, 4.69) is 43.3 Å². The Hall–Kier alpha value is -0.670. The monoisotopic (exact) mass is 513 g/mol. The number of halogens is 1. The van der Waals surface area contributed by atoms with E-state index >= 15 is 0 Å². The Morgan fingerprint density at radius 2 is 2.04 bits per heavy atom. The normalized spacial score (nSPS) is 31.9. The summed E-state index contributed by atoms with van der Waals surface area (Å²) in [5.74, 6) is 1.66. The Bertz CT molecular complexity index is 821. The Morgan fingerprint density at radius 1 is 1.25 bits per heavy atom. The third-order valence-electron chi connectivity index (χ3n) is 6.83. The van der Waals surface area contributed by atoms with Crippen molar-refractivity contribution in [1.29, 1.82) is 0 Å². The molecule has 1 unspecified atom stereocenters. The van der Waals surface area contributed by atoms with Crippen LogP contribution in [-0.2, 0) is 4.79 Å². The van der Waals surface area contributed by atoms with Gasteiger partial charge in [0.2, 0.25) is 5.91 Å². The number of fused-ring (bicyclic) bond motifs is 1. The van der Waals surface area contributed by atoms with Gasteiger partial charge in [-0.15, -0.1) is 11.3 Å². The SMILES string of the molecule is O=C(NC1CCC(I)CC1)[C@H]1CC1CN1CCC(c2noc3ccsc23)CC1. The Labute approximate surface area is 183 Å². The summed E-state index contributed by atoms with van der Waals surface area (Å²) >= 11 is 4.28. The highest BCUT2D eigenvalue weighted by atomic mass is 127. The first-order valence-corrected chi connectivity index (χ1v) is 12.8. The number of alkyl halides is 1. The average molecular weight is 513 g/mol. The topological polar surface area (TPSA) is 58.4 Å². The average Bonchev–Trinajstić information content (AvgIpc) is 3.12. The summed E-state index contributed by atoms with van der Waals surface area (Å²) in [5, 5.41) is 9.75. The van der Waals surface area contributed by atoms with Crippen LogP contribution in [0.25, 0.3) is 10.3 Å². The highest BCUT2D eigenvalue weighted by Crippen LogP contribution is 2.41. The molecule has 0 radical (unpaired) electrons. The smallest absolute Gasteiger partial charge is 0.223 e. The van der Waals surface area contributed by atoms with Gasteiger partial charge in [-0.05, 0) is 75.4 Å². The van der Waals surface area contributed by atoms with E-state index in [4.69, 9.17) is 4.52 Å². The van der Waals surface area contributed by atoms with Gasteiger partial charge in [0.05, 0.1) is 4.70 Å². The van der Waals surface area contributed by atoms with Crippen LogP contribution in [-0.4, -0.2) is 45.6 Å². The van der Waals surface area contributed by atoms with Crippen molar-refractivity contribution in [2.24, 2.45) is 11.8 Å². The molecule has 5 nitrogen and oxygen atoms in total. The van der Waals surface area contributed by atoms with Crippen molar-refractivity contribution < 1.29 is 9.32 Å². The van der Waals surface area contributed by atoms with Gasteiger partial charge in [0.25, 0.3) is 0 Å². The minimum absolute atomic E-state index is 0.260. The molecule has 152 valence electrons. The van der Waals surface area contributed by atoms with Gasteiger partial charge in [-0.1, -0.05) is 27.7 Å². The van der Waals surface area contributed by atoms with Gasteiger partial charge in [0.1, 0.15) is 5.69 Å². The van der Waals surface area contributed by atoms with Gasteiger partial charge in [-0.3, -0.25) is 4.79 Å². The van der Waals surface area contributed by atoms with Gasteiger partial charge >= 0.3 is 0 Å². The molecule has 1 N–H and O–H groups in total. The first-order valence-electron chi connectivity index (χ1n) is 10.7. The van der Waals surface area contributed by atoms with E-state index < -0.39 is 0 Å². The molecule has 2 aliphatic carbocycles. The first-order chi connectivity index (χ1) is 13.7. The van der Waals surface area contributed by atoms with E-state index in [1.807, 2.05) is 6.07 Å². The van der Waals surface area contributed by atoms with Crippen LogP contribution in [0.15, 0.2) is 16.0 Å². The predicted molar refractivity (Wildman–Crippen MR) is 120 cm³/mol. The summed E-state index contributed by atoms with van der Waals surface area (Å²) in [5.41, 5.74) is 2.09. The van der Waals surface area contributed by atoms with Crippen LogP contribution in [0, 0.1) is 11.8 Å². The number of piperidine rings is 1. The van der Waals surface area contributed by atoms with Crippen LogP contribution in [0.3, 0.4) is 0 Å². The largest absolute Gasteiger partial charge is 0.355 e. The molecule has 28 heavy (non-hydrogen) atoms. The molecule has 3 aliphatic rings. The maximum atomic E-state index is 12.6. The fourth-order valence-corrected chi connectivity index (χ4v) is 6.55. The quantitative estimate of drug-likeness (QED) is 0.470. The number of hydrogen-bond donors (Lipinski definition) is 1. The van der Waals surface area contributed by atoms with Crippen LogP contribution in [0.4, 0.5) is 0 Å². The second-order valence-electron chi connectivity index (χ2n) is 8.82. The van der Waals surface area contributed by atoms with Crippen LogP contribution in [0.1, 0.15) is 56.6 Å². The maximum absolute atomic E-state index is 12.6. The van der Waals surface area contributed by atoms with E-state index in [1.165, 1.54) is 17.5 Å². The van der Waals surface area contributed by atoms with Crippen molar-refractivity contribution >= 4 is 50.1 Å². The van der Waals surface area contributed by atoms with E-state index in [-0.39, 0.29) is 5.92 Å². The highest BCUT2D eigenvalue weighted by Gasteiger charge is 2.44. The molecular formula is C21H28IN3O2S. The molecule has 1 amide bonds. The molecule has 2 aromatic rings. The van der Waals surface area contributed by atoms with Crippen molar-refractivity contribution in [3.8, 4) is 0 Å². The summed E-state index contributed by atoms with van der Waals surface area (Å²) in [6.45, 7) is 3.29. The van der Waals surface area contributed by atoms with E-state index in [0.717, 1.165) is 66.9 Å². The van der Waals surface area contributed by atoms with Crippen molar-refractivity contribution in [2.45, 2.75) is 60.8 Å². The van der Waals surface area contributed by atoms with Crippen molar-refractivity contribution in [2.75, 3.05) is 19.6 Å². The van der Waals surface area contributed by atoms with Crippen molar-refractivity contribution in [3.63, 3.8) is 0 Å². The summed E-state index contributed by atoms with van der Waals surface area (Å²) in [6.07, 6.45) is 8.17. The van der Waals surface area contributed by atoms with Crippen LogP contribution >= 0.6 is 33.9 Å². The number of hydrogen-bond acceptors (Lipinski definition) is 5. The fourth-order valence-electron chi connectivity index (χ4n) is 4.95. The summed E-state index contributed by atoms with van der Waals surface area (Å²) in [6, 6.07) is 2.43. The Kier molecular flexibility index (Phi) is 5.67. The minimum Gasteiger partial charge on any atom is -0.355 e. The maximum Gasteiger partial charge on any atom is 0.223 e. The molecule has 3 heterocycles. The number of aromatic nitrogens is 1. The van der Waals surface area contributed by atoms with Crippen LogP contribution in [0.2, 0.25) is 0 Å². The van der Waals surface area contributed by atoms with Crippen LogP contribution < -0.4 is 5.32 Å². The number of carbonyl (C=O) groups is 1. The number of thiophene rings is 1. The molecule has 0 spiro atoms. The highest BCUT2D eigenvalue weighted by molar-refractivity contribution is 14.1. The third-order valence-corrected chi connectivity index (χ3v) is 9.00. The number of amides is 1. The zero-order valence-electron chi connectivity index (χ0n) is 16.1. The lowest BCUT2D eigenvalue weighted by Gasteiger charge is -2.31. The summed E-state index contributed by atoms with van der Waals surface area (Å²) in [4.78, 5) is 15.1. The third kappa shape index (κ3) is 4.12. The number of rotatable bonds is 5. The summed E-state index contributed by atoms with van der Waals surface area (Å²) in [7, 11) is 0. The number of nitrogens with one attached hydrogen (secondary N) is 1. The predicted octanol–water partition coefficient (Wildman–Crippen LogP) is 4.57. The molecule has 3 fully saturated rings. The van der Waals surface area contributed by atoms with Gasteiger partial charge in [0, 0.05) is 28.3 Å². The molecule has 1 saturated heterocycles. The molecular weight excluding hydrogens is 485 g/mol. The molecule has 2 atom stereocenters. The van der Waals surface area contributed by atoms with E-state index in [0.29, 0.717) is 23.8 Å². The van der Waals surface area contributed by atoms with Gasteiger partial charge in [-0.25, -0.2) is 0 Å². The van der Waals surface area contributed by atoms with Gasteiger partial charge in [0.15, 0.2) is 5.58 Å². The first kappa shape index (κ1) is 19.3. The molecule has 5 rings (SSSR count). The number of carbonyl (C=O) groups excluding carboxylic acids is 1. The fraction of sp³-hybridized carbons (Fsp3) is 0.714. The second-order valence-corrected chi connectivity index (χ2v) is 11.5. The number of nitrogens with zero attached hydrogens (tertiary/aromatic N) is 2. The molecule has 2 saturated carbocycles. The van der Waals surface area contributed by atoms with Gasteiger partial charge in [-0.2, -0.15) is 0 Å². The standard InChI is InChI=1S/C21H28IN3O2S/c22-15-1-3-16(4-2-15)23-21(26)17-11-14(17)12-25-8-5-13(6-9-25)19-20-18(27-24-19)7-10-28-20/h7,10,13-17H,1-6,8-9,11-12H2,(H,23,26)/t14?,15?,16?,17-/m0/s1. The zero-order valence-corrected chi connectivity index (χ0v) is 19.1. The molecule has 0 aromatic carbocycles. The lowest BCUT2D eigenvalue weighted by atomic mass is 9.93. The van der Waals surface area contributed by atoms with E-state index in [1.54, 1.807) is 11.3 Å². The summed E-state index contributed by atoms with van der Waals surface area (Å²) < 4.78 is 7.49.